The van der Waals surface area contributed by atoms with Gasteiger partial charge in [-0.05, 0) is 0 Å². The maximum atomic E-state index is 5.68. The Labute approximate surface area is 63.9 Å². The Morgan fingerprint density at radius 3 is 1.56 bits per heavy atom. The topological polar surface area (TPSA) is 9.23 Å². The lowest BCUT2D eigenvalue weighted by atomic mass is 10.4. The number of ether oxygens (including phenoxy) is 1. The highest BCUT2D eigenvalue weighted by Gasteiger charge is 2.26. The summed E-state index contributed by atoms with van der Waals surface area (Å²) >= 11 is 3.98. The summed E-state index contributed by atoms with van der Waals surface area (Å²) in [6.07, 6.45) is 1.22. The van der Waals surface area contributed by atoms with Crippen LogP contribution in [-0.4, -0.2) is 35.2 Å². The predicted molar refractivity (Wildman–Crippen MR) is 43.3 cm³/mol. The third-order valence-corrected chi connectivity index (χ3v) is 4.03. The lowest BCUT2D eigenvalue weighted by molar-refractivity contribution is 0.0284. The van der Waals surface area contributed by atoms with Crippen LogP contribution in [0.1, 0.15) is 0 Å². The molecule has 0 radical (unpaired) electrons. The molecule has 2 heterocycles. The lowest BCUT2D eigenvalue weighted by Crippen LogP contribution is -2.38. The summed E-state index contributed by atoms with van der Waals surface area (Å²) < 4.78 is 5.68. The van der Waals surface area contributed by atoms with Gasteiger partial charge in [-0.15, -0.1) is 0 Å². The molecule has 0 atom stereocenters. The van der Waals surface area contributed by atoms with E-state index in [1.807, 2.05) is 23.5 Å². The average Bonchev–Trinajstić information content (AvgIpc) is 1.57. The average molecular weight is 162 g/mol. The molecule has 0 unspecified atom stereocenters. The zero-order valence-electron chi connectivity index (χ0n) is 5.21. The van der Waals surface area contributed by atoms with Gasteiger partial charge in [0.05, 0.1) is 12.2 Å². The molecule has 2 saturated heterocycles. The van der Waals surface area contributed by atoms with E-state index in [0.717, 1.165) is 0 Å². The predicted octanol–water partition coefficient (Wildman–Crippen LogP) is 1.23. The Hall–Kier alpha value is 0.660. The van der Waals surface area contributed by atoms with Crippen molar-refractivity contribution < 1.29 is 4.74 Å². The number of hydrogen-bond donors (Lipinski definition) is 0. The van der Waals surface area contributed by atoms with Gasteiger partial charge in [0.25, 0.3) is 0 Å². The fourth-order valence-corrected chi connectivity index (χ4v) is 2.03. The summed E-state index contributed by atoms with van der Waals surface area (Å²) in [7, 11) is 0. The second kappa shape index (κ2) is 2.72. The van der Waals surface area contributed by atoms with Gasteiger partial charge >= 0.3 is 0 Å². The molecule has 2 aliphatic rings. The van der Waals surface area contributed by atoms with E-state index in [1.165, 1.54) is 23.0 Å². The molecule has 52 valence electrons. The number of rotatable bonds is 2. The second-order valence-electron chi connectivity index (χ2n) is 2.46. The minimum atomic E-state index is 0.612. The maximum Gasteiger partial charge on any atom is 0.0760 e. The minimum Gasteiger partial charge on any atom is -0.372 e. The van der Waals surface area contributed by atoms with E-state index >= 15 is 0 Å². The largest absolute Gasteiger partial charge is 0.372 e. The molecule has 2 aliphatic heterocycles. The van der Waals surface area contributed by atoms with Gasteiger partial charge < -0.3 is 4.74 Å². The molecule has 0 bridgehead atoms. The monoisotopic (exact) mass is 162 g/mol. The van der Waals surface area contributed by atoms with Crippen molar-refractivity contribution in [2.24, 2.45) is 0 Å². The van der Waals surface area contributed by atoms with E-state index in [0.29, 0.717) is 12.2 Å². The normalized spacial score (nSPS) is 29.3. The Balaban J connectivity index is 1.64. The molecule has 2 fully saturated rings. The van der Waals surface area contributed by atoms with E-state index in [-0.39, 0.29) is 0 Å². The van der Waals surface area contributed by atoms with Gasteiger partial charge in [0, 0.05) is 23.0 Å². The highest BCUT2D eigenvalue weighted by Crippen LogP contribution is 2.27. The summed E-state index contributed by atoms with van der Waals surface area (Å²) in [5, 5.41) is 0. The van der Waals surface area contributed by atoms with Gasteiger partial charge in [0.2, 0.25) is 0 Å². The molecule has 2 rings (SSSR count). The van der Waals surface area contributed by atoms with Crippen LogP contribution >= 0.6 is 23.5 Å². The molecular formula is C6H10OS2. The zero-order valence-corrected chi connectivity index (χ0v) is 6.84. The van der Waals surface area contributed by atoms with Crippen molar-refractivity contribution in [2.75, 3.05) is 23.0 Å². The van der Waals surface area contributed by atoms with Crippen LogP contribution in [0.5, 0.6) is 0 Å². The summed E-state index contributed by atoms with van der Waals surface area (Å²) in [5.41, 5.74) is 0. The van der Waals surface area contributed by atoms with Crippen molar-refractivity contribution in [1.82, 2.24) is 0 Å². The fourth-order valence-electron chi connectivity index (χ4n) is 0.857. The zero-order chi connectivity index (χ0) is 6.10. The SMILES string of the molecule is C1SCC1OC1CSC1. The number of hydrogen-bond acceptors (Lipinski definition) is 3. The van der Waals surface area contributed by atoms with Crippen LogP contribution in [0.15, 0.2) is 0 Å². The molecule has 0 aromatic rings. The van der Waals surface area contributed by atoms with Crippen LogP contribution in [0.3, 0.4) is 0 Å². The van der Waals surface area contributed by atoms with Crippen LogP contribution in [-0.2, 0) is 4.74 Å². The van der Waals surface area contributed by atoms with Crippen molar-refractivity contribution in [3.8, 4) is 0 Å². The van der Waals surface area contributed by atoms with Gasteiger partial charge in [-0.2, -0.15) is 23.5 Å². The molecule has 0 aromatic carbocycles. The van der Waals surface area contributed by atoms with Crippen LogP contribution in [0.4, 0.5) is 0 Å². The van der Waals surface area contributed by atoms with Gasteiger partial charge in [-0.1, -0.05) is 0 Å². The Morgan fingerprint density at radius 1 is 0.889 bits per heavy atom. The van der Waals surface area contributed by atoms with E-state index in [4.69, 9.17) is 4.74 Å². The van der Waals surface area contributed by atoms with E-state index < -0.39 is 0 Å². The van der Waals surface area contributed by atoms with E-state index in [2.05, 4.69) is 0 Å². The Bertz CT molecular complexity index is 87.2. The first-order chi connectivity index (χ1) is 4.45. The Morgan fingerprint density at radius 2 is 1.33 bits per heavy atom. The minimum absolute atomic E-state index is 0.612. The molecule has 0 aromatic heterocycles. The molecule has 1 nitrogen and oxygen atoms in total. The van der Waals surface area contributed by atoms with Gasteiger partial charge in [0.15, 0.2) is 0 Å². The molecule has 0 aliphatic carbocycles. The molecule has 3 heteroatoms. The van der Waals surface area contributed by atoms with Crippen LogP contribution in [0.25, 0.3) is 0 Å². The van der Waals surface area contributed by atoms with E-state index in [1.54, 1.807) is 0 Å². The first kappa shape index (κ1) is 6.38. The second-order valence-corrected chi connectivity index (χ2v) is 4.60. The summed E-state index contributed by atoms with van der Waals surface area (Å²) in [6.45, 7) is 0. The molecular weight excluding hydrogens is 152 g/mol. The fraction of sp³-hybridized carbons (Fsp3) is 1.00. The third kappa shape index (κ3) is 1.38. The summed E-state index contributed by atoms with van der Waals surface area (Å²) in [5.74, 6) is 4.95. The highest BCUT2D eigenvalue weighted by atomic mass is 32.2. The Kier molecular flexibility index (Phi) is 1.93. The van der Waals surface area contributed by atoms with Crippen LogP contribution in [0, 0.1) is 0 Å². The van der Waals surface area contributed by atoms with Gasteiger partial charge in [-0.3, -0.25) is 0 Å². The third-order valence-electron chi connectivity index (χ3n) is 1.60. The van der Waals surface area contributed by atoms with Crippen LogP contribution in [0.2, 0.25) is 0 Å². The van der Waals surface area contributed by atoms with Crippen molar-refractivity contribution in [2.45, 2.75) is 12.2 Å². The molecule has 0 N–H and O–H groups in total. The molecule has 0 saturated carbocycles. The van der Waals surface area contributed by atoms with Gasteiger partial charge in [-0.25, -0.2) is 0 Å². The van der Waals surface area contributed by atoms with Crippen molar-refractivity contribution in [1.29, 1.82) is 0 Å². The van der Waals surface area contributed by atoms with Crippen LogP contribution < -0.4 is 0 Å². The summed E-state index contributed by atoms with van der Waals surface area (Å²) in [4.78, 5) is 0. The maximum absolute atomic E-state index is 5.68. The standard InChI is InChI=1S/C6H10OS2/c1-5(2-8-1)7-6-3-9-4-6/h5-6H,1-4H2. The number of thioether (sulfide) groups is 2. The molecule has 0 amide bonds. The first-order valence-corrected chi connectivity index (χ1v) is 5.57. The summed E-state index contributed by atoms with van der Waals surface area (Å²) in [6, 6.07) is 0. The van der Waals surface area contributed by atoms with E-state index in [9.17, 15) is 0 Å². The van der Waals surface area contributed by atoms with Crippen molar-refractivity contribution in [3.05, 3.63) is 0 Å². The highest BCUT2D eigenvalue weighted by molar-refractivity contribution is 8.01. The molecule has 9 heavy (non-hydrogen) atoms. The quantitative estimate of drug-likeness (QED) is 0.604. The molecule has 0 spiro atoms. The van der Waals surface area contributed by atoms with Crippen molar-refractivity contribution in [3.63, 3.8) is 0 Å². The first-order valence-electron chi connectivity index (χ1n) is 3.26. The lowest BCUT2D eigenvalue weighted by Gasteiger charge is -2.33. The van der Waals surface area contributed by atoms with Gasteiger partial charge in [0.1, 0.15) is 0 Å². The smallest absolute Gasteiger partial charge is 0.0760 e. The van der Waals surface area contributed by atoms with Crippen molar-refractivity contribution >= 4 is 23.5 Å².